The lowest BCUT2D eigenvalue weighted by atomic mass is 10.3. The second kappa shape index (κ2) is 6.50. The molecule has 1 aliphatic heterocycles. The lowest BCUT2D eigenvalue weighted by Crippen LogP contribution is -2.49. The highest BCUT2D eigenvalue weighted by Crippen LogP contribution is 2.28. The zero-order valence-electron chi connectivity index (χ0n) is 14.1. The van der Waals surface area contributed by atoms with Crippen LogP contribution in [0.2, 0.25) is 0 Å². The van der Waals surface area contributed by atoms with Gasteiger partial charge in [-0.1, -0.05) is 0 Å². The number of nitrogens with zero attached hydrogens (tertiary/aromatic N) is 6. The number of piperazine rings is 1. The van der Waals surface area contributed by atoms with E-state index < -0.39 is 21.9 Å². The minimum atomic E-state index is -4.54. The van der Waals surface area contributed by atoms with Gasteiger partial charge in [-0.05, 0) is 19.1 Å². The van der Waals surface area contributed by atoms with Gasteiger partial charge >= 0.3 is 6.18 Å². The van der Waals surface area contributed by atoms with E-state index in [-0.39, 0.29) is 23.9 Å². The summed E-state index contributed by atoms with van der Waals surface area (Å²) in [7, 11) is -1.99. The van der Waals surface area contributed by atoms with Gasteiger partial charge in [-0.15, -0.1) is 10.2 Å². The fourth-order valence-electron chi connectivity index (χ4n) is 2.59. The molecule has 2 aromatic rings. The number of imidazole rings is 1. The zero-order valence-corrected chi connectivity index (χ0v) is 14.9. The number of aromatic nitrogens is 4. The van der Waals surface area contributed by atoms with E-state index in [1.165, 1.54) is 16.6 Å². The predicted octanol–water partition coefficient (Wildman–Crippen LogP) is 1.05. The summed E-state index contributed by atoms with van der Waals surface area (Å²) in [6.45, 7) is 2.66. The first-order chi connectivity index (χ1) is 12.1. The largest absolute Gasteiger partial charge is 0.435 e. The van der Waals surface area contributed by atoms with Crippen molar-refractivity contribution in [2.45, 2.75) is 18.1 Å². The molecule has 1 saturated heterocycles. The van der Waals surface area contributed by atoms with Crippen molar-refractivity contribution in [2.75, 3.05) is 31.1 Å². The van der Waals surface area contributed by atoms with Crippen molar-refractivity contribution in [1.29, 1.82) is 0 Å². The maximum atomic E-state index is 12.6. The van der Waals surface area contributed by atoms with Crippen LogP contribution in [0.25, 0.3) is 0 Å². The Kier molecular flexibility index (Phi) is 4.65. The molecule has 3 rings (SSSR count). The number of hydrogen-bond acceptors (Lipinski definition) is 6. The highest BCUT2D eigenvalue weighted by Gasteiger charge is 2.34. The quantitative estimate of drug-likeness (QED) is 0.779. The highest BCUT2D eigenvalue weighted by molar-refractivity contribution is 7.89. The Balaban J connectivity index is 1.69. The number of aryl methyl sites for hydroxylation is 2. The fourth-order valence-corrected chi connectivity index (χ4v) is 4.03. The fraction of sp³-hybridized carbons (Fsp3) is 0.500. The minimum Gasteiger partial charge on any atom is -0.352 e. The second-order valence-electron chi connectivity index (χ2n) is 5.90. The smallest absolute Gasteiger partial charge is 0.352 e. The Morgan fingerprint density at radius 3 is 2.19 bits per heavy atom. The van der Waals surface area contributed by atoms with Crippen LogP contribution < -0.4 is 4.90 Å². The van der Waals surface area contributed by atoms with Crippen LogP contribution in [-0.2, 0) is 23.2 Å². The van der Waals surface area contributed by atoms with Gasteiger partial charge in [0.2, 0.25) is 0 Å². The van der Waals surface area contributed by atoms with Crippen LogP contribution in [0.3, 0.4) is 0 Å². The Hall–Kier alpha value is -2.21. The Morgan fingerprint density at radius 2 is 1.73 bits per heavy atom. The predicted molar refractivity (Wildman–Crippen MR) is 86.0 cm³/mol. The Labute approximate surface area is 148 Å². The summed E-state index contributed by atoms with van der Waals surface area (Å²) in [5, 5.41) is 6.78. The van der Waals surface area contributed by atoms with Crippen LogP contribution in [0.5, 0.6) is 0 Å². The molecule has 0 saturated carbocycles. The molecule has 0 aliphatic carbocycles. The van der Waals surface area contributed by atoms with E-state index in [0.29, 0.717) is 18.9 Å². The topological polar surface area (TPSA) is 84.2 Å². The third kappa shape index (κ3) is 3.51. The van der Waals surface area contributed by atoms with E-state index >= 15 is 0 Å². The molecule has 1 aliphatic rings. The summed E-state index contributed by atoms with van der Waals surface area (Å²) in [6, 6.07) is 2.10. The molecule has 0 atom stereocenters. The van der Waals surface area contributed by atoms with Crippen LogP contribution in [0.1, 0.15) is 11.5 Å². The minimum absolute atomic E-state index is 0.0136. The van der Waals surface area contributed by atoms with Crippen LogP contribution in [-0.4, -0.2) is 58.7 Å². The molecule has 8 nitrogen and oxygen atoms in total. The van der Waals surface area contributed by atoms with Crippen molar-refractivity contribution in [3.8, 4) is 0 Å². The molecule has 12 heteroatoms. The summed E-state index contributed by atoms with van der Waals surface area (Å²) in [5.41, 5.74) is -1.06. The van der Waals surface area contributed by atoms with Gasteiger partial charge in [0.15, 0.2) is 16.5 Å². The first-order valence-electron chi connectivity index (χ1n) is 7.75. The zero-order chi connectivity index (χ0) is 19.1. The summed E-state index contributed by atoms with van der Waals surface area (Å²) >= 11 is 0. The molecule has 0 N–H and O–H groups in total. The van der Waals surface area contributed by atoms with Crippen molar-refractivity contribution < 1.29 is 21.6 Å². The van der Waals surface area contributed by atoms with E-state index in [4.69, 9.17) is 0 Å². The van der Waals surface area contributed by atoms with Crippen LogP contribution in [0.15, 0.2) is 23.4 Å². The van der Waals surface area contributed by atoms with Gasteiger partial charge in [0, 0.05) is 39.4 Å². The molecule has 26 heavy (non-hydrogen) atoms. The van der Waals surface area contributed by atoms with Crippen molar-refractivity contribution >= 4 is 15.8 Å². The molecule has 0 bridgehead atoms. The maximum absolute atomic E-state index is 12.6. The Morgan fingerprint density at radius 1 is 1.08 bits per heavy atom. The average molecular weight is 390 g/mol. The third-order valence-corrected chi connectivity index (χ3v) is 5.96. The van der Waals surface area contributed by atoms with Crippen molar-refractivity contribution in [3.05, 3.63) is 29.8 Å². The van der Waals surface area contributed by atoms with Gasteiger partial charge in [0.25, 0.3) is 10.0 Å². The normalized spacial score (nSPS) is 16.9. The molecule has 0 radical (unpaired) electrons. The monoisotopic (exact) mass is 390 g/mol. The number of hydrogen-bond donors (Lipinski definition) is 0. The second-order valence-corrected chi connectivity index (χ2v) is 7.79. The van der Waals surface area contributed by atoms with Crippen molar-refractivity contribution in [2.24, 2.45) is 7.05 Å². The molecular weight excluding hydrogens is 373 g/mol. The molecule has 0 unspecified atom stereocenters. The highest BCUT2D eigenvalue weighted by atomic mass is 32.2. The molecular formula is C14H17F3N6O2S. The van der Waals surface area contributed by atoms with E-state index in [1.54, 1.807) is 23.4 Å². The number of alkyl halides is 3. The first kappa shape index (κ1) is 18.6. The SMILES string of the molecule is Cc1nc(S(=O)(=O)N2CCN(c3ccc(C(F)(F)F)nn3)CC2)cn1C. The van der Waals surface area contributed by atoms with Gasteiger partial charge in [-0.25, -0.2) is 13.4 Å². The summed E-state index contributed by atoms with van der Waals surface area (Å²) in [6.07, 6.45) is -3.09. The van der Waals surface area contributed by atoms with Gasteiger partial charge < -0.3 is 9.47 Å². The van der Waals surface area contributed by atoms with Gasteiger partial charge in [-0.2, -0.15) is 17.5 Å². The van der Waals surface area contributed by atoms with Crippen LogP contribution in [0, 0.1) is 6.92 Å². The first-order valence-corrected chi connectivity index (χ1v) is 9.19. The van der Waals surface area contributed by atoms with E-state index in [0.717, 1.165) is 6.07 Å². The number of rotatable bonds is 3. The molecule has 1 fully saturated rings. The molecule has 142 valence electrons. The standard InChI is InChI=1S/C14H17F3N6O2S/c1-10-18-13(9-21(10)2)26(24,25)23-7-5-22(6-8-23)12-4-3-11(19-20-12)14(15,16)17/h3-4,9H,5-8H2,1-2H3. The summed E-state index contributed by atoms with van der Waals surface area (Å²) in [4.78, 5) is 5.76. The van der Waals surface area contributed by atoms with Gasteiger partial charge in [-0.3, -0.25) is 0 Å². The van der Waals surface area contributed by atoms with Gasteiger partial charge in [0.05, 0.1) is 0 Å². The molecule has 3 heterocycles. The molecule has 0 aromatic carbocycles. The number of anilines is 1. The van der Waals surface area contributed by atoms with Crippen molar-refractivity contribution in [1.82, 2.24) is 24.1 Å². The lowest BCUT2D eigenvalue weighted by molar-refractivity contribution is -0.141. The molecule has 2 aromatic heterocycles. The third-order valence-electron chi connectivity index (χ3n) is 4.19. The molecule has 0 amide bonds. The van der Waals surface area contributed by atoms with Crippen LogP contribution in [0.4, 0.5) is 19.0 Å². The van der Waals surface area contributed by atoms with Crippen molar-refractivity contribution in [3.63, 3.8) is 0 Å². The maximum Gasteiger partial charge on any atom is 0.435 e. The summed E-state index contributed by atoms with van der Waals surface area (Å²) < 4.78 is 65.8. The van der Waals surface area contributed by atoms with Crippen LogP contribution >= 0.6 is 0 Å². The average Bonchev–Trinajstić information content (AvgIpc) is 2.94. The van der Waals surface area contributed by atoms with E-state index in [9.17, 15) is 21.6 Å². The number of halogens is 3. The molecule has 0 spiro atoms. The van der Waals surface area contributed by atoms with Gasteiger partial charge in [0.1, 0.15) is 5.82 Å². The lowest BCUT2D eigenvalue weighted by Gasteiger charge is -2.34. The van der Waals surface area contributed by atoms with E-state index in [2.05, 4.69) is 15.2 Å². The Bertz CT molecular complexity index is 867. The number of sulfonamides is 1. The van der Waals surface area contributed by atoms with E-state index in [1.807, 2.05) is 0 Å². The summed E-state index contributed by atoms with van der Waals surface area (Å²) in [5.74, 6) is 0.867.